The van der Waals surface area contributed by atoms with Crippen LogP contribution in [-0.2, 0) is 6.42 Å². The van der Waals surface area contributed by atoms with Crippen LogP contribution in [0.15, 0.2) is 30.3 Å². The molecule has 2 heteroatoms. The Morgan fingerprint density at radius 3 is 2.32 bits per heavy atom. The molecule has 2 rings (SSSR count). The monoisotopic (exact) mass is 304 g/mol. The molecule has 126 valence electrons. The van der Waals surface area contributed by atoms with Gasteiger partial charge in [-0.05, 0) is 51.8 Å². The van der Waals surface area contributed by atoms with Gasteiger partial charge < -0.3 is 10.6 Å². The summed E-state index contributed by atoms with van der Waals surface area (Å²) in [7, 11) is 4.29. The summed E-state index contributed by atoms with van der Waals surface area (Å²) in [6.07, 6.45) is 3.05. The first-order chi connectivity index (χ1) is 10.0. The summed E-state index contributed by atoms with van der Waals surface area (Å²) in [5.74, 6) is 6.81. The second-order valence-corrected chi connectivity index (χ2v) is 5.92. The van der Waals surface area contributed by atoms with Crippen LogP contribution in [0.4, 0.5) is 0 Å². The van der Waals surface area contributed by atoms with Gasteiger partial charge in [-0.2, -0.15) is 0 Å². The van der Waals surface area contributed by atoms with Crippen LogP contribution >= 0.6 is 0 Å². The third-order valence-electron chi connectivity index (χ3n) is 4.12. The Bertz CT molecular complexity index is 475. The highest BCUT2D eigenvalue weighted by Crippen LogP contribution is 2.37. The van der Waals surface area contributed by atoms with E-state index in [0.717, 1.165) is 19.3 Å². The van der Waals surface area contributed by atoms with E-state index in [1.165, 1.54) is 5.56 Å². The Morgan fingerprint density at radius 2 is 1.82 bits per heavy atom. The average Bonchev–Trinajstić information content (AvgIpc) is 2.79. The smallest absolute Gasteiger partial charge is 0.0794 e. The van der Waals surface area contributed by atoms with Gasteiger partial charge in [0.25, 0.3) is 0 Å². The molecule has 0 spiro atoms. The second-order valence-electron chi connectivity index (χ2n) is 5.92. The van der Waals surface area contributed by atoms with E-state index >= 15 is 0 Å². The van der Waals surface area contributed by atoms with Crippen molar-refractivity contribution in [1.82, 2.24) is 4.90 Å². The lowest BCUT2D eigenvalue weighted by atomic mass is 9.92. The fourth-order valence-corrected chi connectivity index (χ4v) is 3.31. The molecule has 0 bridgehead atoms. The van der Waals surface area contributed by atoms with Gasteiger partial charge in [-0.15, -0.1) is 5.92 Å². The van der Waals surface area contributed by atoms with Gasteiger partial charge in [-0.3, -0.25) is 0 Å². The molecule has 1 saturated carbocycles. The first-order valence-corrected chi connectivity index (χ1v) is 7.97. The molecule has 3 atom stereocenters. The van der Waals surface area contributed by atoms with Crippen LogP contribution in [0.2, 0.25) is 0 Å². The van der Waals surface area contributed by atoms with E-state index in [1.54, 1.807) is 0 Å². The average molecular weight is 305 g/mol. The molecule has 1 fully saturated rings. The fourth-order valence-electron chi connectivity index (χ4n) is 3.31. The summed E-state index contributed by atoms with van der Waals surface area (Å²) in [5.41, 5.74) is 7.54. The molecule has 0 aromatic heterocycles. The Morgan fingerprint density at radius 1 is 1.23 bits per heavy atom. The zero-order valence-electron chi connectivity index (χ0n) is 14.2. The van der Waals surface area contributed by atoms with Gasteiger partial charge in [-0.1, -0.05) is 57.5 Å². The lowest BCUT2D eigenvalue weighted by Crippen LogP contribution is -2.37. The highest BCUT2D eigenvalue weighted by molar-refractivity contribution is 5.23. The molecule has 1 aromatic carbocycles. The molecule has 3 unspecified atom stereocenters. The first kappa shape index (κ1) is 20.7. The molecular weight excluding hydrogens is 268 g/mol. The van der Waals surface area contributed by atoms with Crippen molar-refractivity contribution in [3.63, 3.8) is 0 Å². The van der Waals surface area contributed by atoms with E-state index in [9.17, 15) is 0 Å². The van der Waals surface area contributed by atoms with Crippen molar-refractivity contribution in [3.05, 3.63) is 35.9 Å². The summed E-state index contributed by atoms with van der Waals surface area (Å²) >= 11 is 0. The fraction of sp³-hybridized carbons (Fsp3) is 0.600. The lowest BCUT2D eigenvalue weighted by molar-refractivity contribution is 0.235. The van der Waals surface area contributed by atoms with Crippen molar-refractivity contribution < 1.29 is 1.43 Å². The van der Waals surface area contributed by atoms with Crippen LogP contribution in [-0.4, -0.2) is 30.6 Å². The molecule has 0 heterocycles. The van der Waals surface area contributed by atoms with Crippen molar-refractivity contribution in [3.8, 4) is 11.8 Å². The number of nitrogens with zero attached hydrogens (tertiary/aromatic N) is 1. The second kappa shape index (κ2) is 9.66. The van der Waals surface area contributed by atoms with E-state index in [1.807, 2.05) is 20.8 Å². The Labute approximate surface area is 139 Å². The van der Waals surface area contributed by atoms with Crippen LogP contribution < -0.4 is 5.73 Å². The molecule has 0 aliphatic heterocycles. The Balaban J connectivity index is 0. The van der Waals surface area contributed by atoms with Gasteiger partial charge in [-0.25, -0.2) is 0 Å². The number of rotatable bonds is 3. The minimum atomic E-state index is -0.302. The van der Waals surface area contributed by atoms with Gasteiger partial charge in [0.2, 0.25) is 0 Å². The number of benzene rings is 1. The van der Waals surface area contributed by atoms with Crippen molar-refractivity contribution in [1.29, 1.82) is 0 Å². The van der Waals surface area contributed by atoms with E-state index in [2.05, 4.69) is 61.2 Å². The maximum atomic E-state index is 6.44. The zero-order chi connectivity index (χ0) is 15.9. The summed E-state index contributed by atoms with van der Waals surface area (Å²) in [6.45, 7) is 5.88. The van der Waals surface area contributed by atoms with Crippen LogP contribution in [0.5, 0.6) is 0 Å². The predicted molar refractivity (Wildman–Crippen MR) is 101 cm³/mol. The molecule has 22 heavy (non-hydrogen) atoms. The highest BCUT2D eigenvalue weighted by Gasteiger charge is 2.42. The molecule has 1 aliphatic rings. The van der Waals surface area contributed by atoms with Crippen LogP contribution in [0.25, 0.3) is 0 Å². The Kier molecular flexibility index (Phi) is 9.09. The summed E-state index contributed by atoms with van der Waals surface area (Å²) < 4.78 is 0. The van der Waals surface area contributed by atoms with Gasteiger partial charge in [0.1, 0.15) is 0 Å². The predicted octanol–water partition coefficient (Wildman–Crippen LogP) is 4.20. The zero-order valence-corrected chi connectivity index (χ0v) is 14.2. The standard InChI is InChI=1S/C17H24N2.C2H6.CH4.H2/c1-4-10-17(18)12-15(16(13-17)19(2)3)11-14-8-6-5-7-9-14;1-2;;/h5-9,15-16H,11-13,18H2,1-3H3;1-2H3;1H4;1H. The van der Waals surface area contributed by atoms with Crippen LogP contribution in [0.1, 0.15) is 48.0 Å². The molecule has 2 nitrogen and oxygen atoms in total. The normalized spacial score (nSPS) is 26.3. The third-order valence-corrected chi connectivity index (χ3v) is 4.12. The molecule has 0 saturated heterocycles. The largest absolute Gasteiger partial charge is 0.315 e. The lowest BCUT2D eigenvalue weighted by Gasteiger charge is -2.26. The van der Waals surface area contributed by atoms with Gasteiger partial charge in [0.15, 0.2) is 0 Å². The number of hydrogen-bond acceptors (Lipinski definition) is 2. The minimum Gasteiger partial charge on any atom is -0.315 e. The Hall–Kier alpha value is -1.30. The molecule has 2 N–H and O–H groups in total. The maximum Gasteiger partial charge on any atom is 0.0794 e. The topological polar surface area (TPSA) is 29.3 Å². The first-order valence-electron chi connectivity index (χ1n) is 7.97. The summed E-state index contributed by atoms with van der Waals surface area (Å²) in [6, 6.07) is 11.2. The van der Waals surface area contributed by atoms with Gasteiger partial charge in [0.05, 0.1) is 5.54 Å². The van der Waals surface area contributed by atoms with Gasteiger partial charge >= 0.3 is 0 Å². The molecule has 1 aliphatic carbocycles. The molecular formula is C20H36N2. The van der Waals surface area contributed by atoms with Crippen LogP contribution in [0, 0.1) is 17.8 Å². The van der Waals surface area contributed by atoms with E-state index in [-0.39, 0.29) is 14.4 Å². The number of nitrogens with two attached hydrogens (primary N) is 1. The summed E-state index contributed by atoms with van der Waals surface area (Å²) in [4.78, 5) is 2.31. The number of hydrogen-bond donors (Lipinski definition) is 1. The van der Waals surface area contributed by atoms with Gasteiger partial charge in [0, 0.05) is 7.47 Å². The van der Waals surface area contributed by atoms with Crippen molar-refractivity contribution >= 4 is 0 Å². The van der Waals surface area contributed by atoms with Crippen molar-refractivity contribution in [2.75, 3.05) is 14.1 Å². The minimum absolute atomic E-state index is 0. The van der Waals surface area contributed by atoms with Crippen molar-refractivity contribution in [2.45, 2.75) is 59.0 Å². The highest BCUT2D eigenvalue weighted by atomic mass is 15.1. The molecule has 0 amide bonds. The van der Waals surface area contributed by atoms with Crippen LogP contribution in [0.3, 0.4) is 0 Å². The van der Waals surface area contributed by atoms with Crippen molar-refractivity contribution in [2.24, 2.45) is 11.7 Å². The SMILES string of the molecule is C.CC.CC#CC1(N)CC(Cc2ccccc2)C(N(C)C)C1.[HH]. The summed E-state index contributed by atoms with van der Waals surface area (Å²) in [5, 5.41) is 0. The van der Waals surface area contributed by atoms with E-state index in [0.29, 0.717) is 12.0 Å². The maximum absolute atomic E-state index is 6.44. The molecule has 1 aromatic rings. The third kappa shape index (κ3) is 5.48. The molecule has 0 radical (unpaired) electrons. The van der Waals surface area contributed by atoms with E-state index in [4.69, 9.17) is 5.73 Å². The van der Waals surface area contributed by atoms with E-state index < -0.39 is 0 Å². The quantitative estimate of drug-likeness (QED) is 0.848.